The summed E-state index contributed by atoms with van der Waals surface area (Å²) in [7, 11) is 0. The third-order valence-corrected chi connectivity index (χ3v) is 9.39. The normalized spacial score (nSPS) is 13.2. The minimum absolute atomic E-state index is 0.620. The molecule has 1 aromatic heterocycles. The number of nitrogens with zero attached hydrogens (tertiary/aromatic N) is 1. The monoisotopic (exact) mass is 560 g/mol. The molecule has 0 aliphatic rings. The highest BCUT2D eigenvalue weighted by molar-refractivity contribution is 4.90. The molecule has 0 amide bonds. The Hall–Kier alpha value is -0.790. The van der Waals surface area contributed by atoms with E-state index in [4.69, 9.17) is 0 Å². The first-order valence-corrected chi connectivity index (χ1v) is 18.8. The van der Waals surface area contributed by atoms with Gasteiger partial charge in [0.2, 0.25) is 0 Å². The second-order valence-corrected chi connectivity index (χ2v) is 13.3. The molecule has 0 aliphatic carbocycles. The van der Waals surface area contributed by atoms with Crippen LogP contribution in [0.1, 0.15) is 232 Å². The molecular weight excluding hydrogens is 484 g/mol. The van der Waals surface area contributed by atoms with Crippen LogP contribution >= 0.6 is 0 Å². The van der Waals surface area contributed by atoms with Gasteiger partial charge in [0.1, 0.15) is 12.4 Å². The van der Waals surface area contributed by atoms with Crippen molar-refractivity contribution < 1.29 is 4.57 Å². The highest BCUT2D eigenvalue weighted by Gasteiger charge is 2.25. The van der Waals surface area contributed by atoms with E-state index in [0.717, 1.165) is 0 Å². The topological polar surface area (TPSA) is 19.7 Å². The summed E-state index contributed by atoms with van der Waals surface area (Å²) in [5.74, 6) is 2.25. The second kappa shape index (κ2) is 28.3. The third kappa shape index (κ3) is 20.1. The van der Waals surface area contributed by atoms with Gasteiger partial charge in [0.25, 0.3) is 5.82 Å². The first-order valence-electron chi connectivity index (χ1n) is 18.8. The van der Waals surface area contributed by atoms with Gasteiger partial charge in [0, 0.05) is 0 Å². The molecule has 0 fully saturated rings. The molecule has 2 unspecified atom stereocenters. The molecule has 1 aromatic rings. The summed E-state index contributed by atoms with van der Waals surface area (Å²) in [5.41, 5.74) is 0. The minimum atomic E-state index is 0.620. The van der Waals surface area contributed by atoms with Gasteiger partial charge in [-0.15, -0.1) is 0 Å². The van der Waals surface area contributed by atoms with Crippen LogP contribution in [0.3, 0.4) is 0 Å². The van der Waals surface area contributed by atoms with Crippen LogP contribution < -0.4 is 4.57 Å². The van der Waals surface area contributed by atoms with Crippen molar-refractivity contribution in [3.05, 3.63) is 18.2 Å². The number of nitrogens with one attached hydrogen (secondary N) is 1. The second-order valence-electron chi connectivity index (χ2n) is 13.3. The molecule has 0 aliphatic heterocycles. The van der Waals surface area contributed by atoms with E-state index < -0.39 is 0 Å². The molecule has 40 heavy (non-hydrogen) atoms. The van der Waals surface area contributed by atoms with E-state index >= 15 is 0 Å². The molecule has 2 nitrogen and oxygen atoms in total. The Labute approximate surface area is 253 Å². The molecule has 0 bridgehead atoms. The standard InChI is InChI=1S/C38H74N2/c1-5-8-11-14-17-19-20-21-23-25-28-31-36(4)40-35-34-39-38(40)37(32-29-26-22-16-13-10-7-3)33-30-27-24-18-15-12-9-6-2/h34-37H,5-33H2,1-4H3/p+1. The van der Waals surface area contributed by atoms with Gasteiger partial charge in [-0.3, -0.25) is 0 Å². The Balaban J connectivity index is 2.41. The fraction of sp³-hybridized carbons (Fsp3) is 0.921. The van der Waals surface area contributed by atoms with E-state index in [9.17, 15) is 0 Å². The van der Waals surface area contributed by atoms with Gasteiger partial charge in [-0.1, -0.05) is 181 Å². The molecule has 236 valence electrons. The van der Waals surface area contributed by atoms with Crippen LogP contribution in [0.5, 0.6) is 0 Å². The maximum Gasteiger partial charge on any atom is 0.257 e. The first kappa shape index (κ1) is 37.2. The van der Waals surface area contributed by atoms with Crippen LogP contribution in [0, 0.1) is 0 Å². The lowest BCUT2D eigenvalue weighted by Gasteiger charge is -2.17. The zero-order chi connectivity index (χ0) is 28.9. The average Bonchev–Trinajstić information content (AvgIpc) is 3.45. The Kier molecular flexibility index (Phi) is 26.4. The minimum Gasteiger partial charge on any atom is -0.247 e. The number of H-pyrrole nitrogens is 1. The van der Waals surface area contributed by atoms with Crippen molar-refractivity contribution in [2.75, 3.05) is 0 Å². The SMILES string of the molecule is CCCCCCCCCCCCCC(C)[n+]1cc[nH]c1C(CCCCCCCCC)CCCCCCCCCC. The summed E-state index contributed by atoms with van der Waals surface area (Å²) in [6.07, 6.45) is 45.7. The highest BCUT2D eigenvalue weighted by Crippen LogP contribution is 2.27. The number of aromatic amines is 1. The number of imidazole rings is 1. The van der Waals surface area contributed by atoms with Crippen LogP contribution in [-0.2, 0) is 0 Å². The van der Waals surface area contributed by atoms with E-state index in [1.807, 2.05) is 0 Å². The van der Waals surface area contributed by atoms with E-state index in [2.05, 4.69) is 49.6 Å². The Morgan fingerprint density at radius 1 is 0.475 bits per heavy atom. The van der Waals surface area contributed by atoms with E-state index in [1.54, 1.807) is 0 Å². The summed E-state index contributed by atoms with van der Waals surface area (Å²) >= 11 is 0. The lowest BCUT2D eigenvalue weighted by Crippen LogP contribution is -2.41. The fourth-order valence-electron chi connectivity index (χ4n) is 6.60. The van der Waals surface area contributed by atoms with Crippen molar-refractivity contribution in [1.29, 1.82) is 0 Å². The lowest BCUT2D eigenvalue weighted by molar-refractivity contribution is -0.727. The molecule has 2 atom stereocenters. The van der Waals surface area contributed by atoms with Crippen molar-refractivity contribution in [2.45, 2.75) is 226 Å². The molecule has 0 spiro atoms. The van der Waals surface area contributed by atoms with Gasteiger partial charge in [0.15, 0.2) is 0 Å². The molecule has 0 radical (unpaired) electrons. The molecule has 0 aromatic carbocycles. The van der Waals surface area contributed by atoms with Crippen molar-refractivity contribution in [1.82, 2.24) is 4.98 Å². The maximum absolute atomic E-state index is 3.74. The van der Waals surface area contributed by atoms with Gasteiger partial charge < -0.3 is 0 Å². The number of unbranched alkanes of at least 4 members (excludes halogenated alkanes) is 23. The molecular formula is C38H75N2+. The Morgan fingerprint density at radius 2 is 0.800 bits per heavy atom. The van der Waals surface area contributed by atoms with Gasteiger partial charge in [-0.05, 0) is 32.6 Å². The quantitative estimate of drug-likeness (QED) is 0.0689. The summed E-state index contributed by atoms with van der Waals surface area (Å²) in [6, 6.07) is 0.620. The molecule has 1 rings (SSSR count). The molecule has 2 heteroatoms. The maximum atomic E-state index is 3.74. The van der Waals surface area contributed by atoms with E-state index in [-0.39, 0.29) is 0 Å². The summed E-state index contributed by atoms with van der Waals surface area (Å²) in [6.45, 7) is 9.41. The number of hydrogen-bond donors (Lipinski definition) is 1. The number of rotatable bonds is 31. The largest absolute Gasteiger partial charge is 0.257 e. The van der Waals surface area contributed by atoms with Crippen molar-refractivity contribution >= 4 is 0 Å². The van der Waals surface area contributed by atoms with Gasteiger partial charge in [-0.2, -0.15) is 0 Å². The Bertz CT molecular complexity index is 621. The fourth-order valence-corrected chi connectivity index (χ4v) is 6.60. The van der Waals surface area contributed by atoms with Crippen LogP contribution in [0.2, 0.25) is 0 Å². The summed E-state index contributed by atoms with van der Waals surface area (Å²) in [4.78, 5) is 3.74. The van der Waals surface area contributed by atoms with E-state index in [0.29, 0.717) is 12.0 Å². The first-order chi connectivity index (χ1) is 19.7. The summed E-state index contributed by atoms with van der Waals surface area (Å²) < 4.78 is 2.63. The smallest absolute Gasteiger partial charge is 0.247 e. The molecule has 0 saturated carbocycles. The van der Waals surface area contributed by atoms with Crippen molar-refractivity contribution in [3.8, 4) is 0 Å². The summed E-state index contributed by atoms with van der Waals surface area (Å²) in [5, 5.41) is 0. The third-order valence-electron chi connectivity index (χ3n) is 9.39. The predicted octanol–water partition coefficient (Wildman–Crippen LogP) is 13.3. The number of aromatic nitrogens is 2. The van der Waals surface area contributed by atoms with Crippen molar-refractivity contribution in [2.24, 2.45) is 0 Å². The Morgan fingerprint density at radius 3 is 1.18 bits per heavy atom. The molecule has 1 N–H and O–H groups in total. The predicted molar refractivity (Wildman–Crippen MR) is 179 cm³/mol. The van der Waals surface area contributed by atoms with Crippen LogP contribution in [0.4, 0.5) is 0 Å². The van der Waals surface area contributed by atoms with Crippen LogP contribution in [0.25, 0.3) is 0 Å². The number of hydrogen-bond acceptors (Lipinski definition) is 0. The zero-order valence-corrected chi connectivity index (χ0v) is 28.3. The van der Waals surface area contributed by atoms with Crippen LogP contribution in [-0.4, -0.2) is 4.98 Å². The molecule has 0 saturated heterocycles. The average molecular weight is 560 g/mol. The molecule has 1 heterocycles. The van der Waals surface area contributed by atoms with Gasteiger partial charge >= 0.3 is 0 Å². The van der Waals surface area contributed by atoms with Gasteiger partial charge in [0.05, 0.1) is 12.0 Å². The highest BCUT2D eigenvalue weighted by atomic mass is 15.1. The zero-order valence-electron chi connectivity index (χ0n) is 28.3. The van der Waals surface area contributed by atoms with Crippen LogP contribution in [0.15, 0.2) is 12.4 Å². The van der Waals surface area contributed by atoms with Crippen molar-refractivity contribution in [3.63, 3.8) is 0 Å². The van der Waals surface area contributed by atoms with Gasteiger partial charge in [-0.25, -0.2) is 9.55 Å². The van der Waals surface area contributed by atoms with E-state index in [1.165, 1.54) is 192 Å². The lowest BCUT2D eigenvalue weighted by atomic mass is 9.92.